The van der Waals surface area contributed by atoms with E-state index in [4.69, 9.17) is 9.15 Å². The largest absolute Gasteiger partial charge is 0.446 e. The van der Waals surface area contributed by atoms with Gasteiger partial charge in [-0.2, -0.15) is 0 Å². The number of hydrogen-bond donors (Lipinski definition) is 1. The Kier molecular flexibility index (Phi) is 6.24. The molecule has 29 heavy (non-hydrogen) atoms. The van der Waals surface area contributed by atoms with Crippen molar-refractivity contribution in [3.63, 3.8) is 0 Å². The van der Waals surface area contributed by atoms with E-state index in [2.05, 4.69) is 10.3 Å². The minimum atomic E-state index is -0.461. The lowest BCUT2D eigenvalue weighted by molar-refractivity contribution is -0.131. The van der Waals surface area contributed by atoms with E-state index in [0.29, 0.717) is 31.0 Å². The first-order valence-electron chi connectivity index (χ1n) is 10.4. The molecule has 7 nitrogen and oxygen atoms in total. The first-order valence-corrected chi connectivity index (χ1v) is 10.4. The number of likely N-dealkylation sites (tertiary alicyclic amines) is 1. The van der Waals surface area contributed by atoms with E-state index in [1.165, 1.54) is 6.26 Å². The minimum Gasteiger partial charge on any atom is -0.446 e. The van der Waals surface area contributed by atoms with Crippen LogP contribution in [0.25, 0.3) is 0 Å². The van der Waals surface area contributed by atoms with Gasteiger partial charge in [0.15, 0.2) is 5.69 Å². The molecule has 1 aromatic heterocycles. The number of ether oxygens (including phenoxy) is 1. The number of hydrogen-bond acceptors (Lipinski definition) is 5. The third-order valence-electron chi connectivity index (χ3n) is 5.50. The Bertz CT molecular complexity index is 824. The molecule has 2 atom stereocenters. The van der Waals surface area contributed by atoms with Crippen molar-refractivity contribution in [2.75, 3.05) is 19.7 Å². The van der Waals surface area contributed by atoms with Crippen LogP contribution in [0.3, 0.4) is 0 Å². The summed E-state index contributed by atoms with van der Waals surface area (Å²) in [6.07, 6.45) is 6.29. The predicted molar refractivity (Wildman–Crippen MR) is 106 cm³/mol. The minimum absolute atomic E-state index is 0.108. The number of nitrogens with one attached hydrogen (secondary N) is 1. The quantitative estimate of drug-likeness (QED) is 0.810. The molecule has 2 aliphatic rings. The van der Waals surface area contributed by atoms with Crippen LogP contribution >= 0.6 is 0 Å². The second-order valence-electron chi connectivity index (χ2n) is 7.68. The van der Waals surface area contributed by atoms with Gasteiger partial charge in [0.05, 0.1) is 0 Å². The molecule has 0 saturated carbocycles. The summed E-state index contributed by atoms with van der Waals surface area (Å²) in [6.45, 7) is 2.11. The standard InChI is InChI=1S/C22H27N3O4/c26-20(19-10-7-13-28-19)23-17(14-16-8-3-1-4-9-16)21-24-18(15-29-21)22(27)25-11-5-2-6-12-25/h1,3-4,8-9,15,17,19H,2,5-7,10-14H2,(H,23,26)/t17-,19+/m0/s1. The van der Waals surface area contributed by atoms with Crippen LogP contribution in [0, 0.1) is 0 Å². The highest BCUT2D eigenvalue weighted by Crippen LogP contribution is 2.21. The van der Waals surface area contributed by atoms with E-state index < -0.39 is 12.1 Å². The van der Waals surface area contributed by atoms with Crippen molar-refractivity contribution in [2.24, 2.45) is 0 Å². The highest BCUT2D eigenvalue weighted by molar-refractivity contribution is 5.92. The summed E-state index contributed by atoms with van der Waals surface area (Å²) in [7, 11) is 0. The summed E-state index contributed by atoms with van der Waals surface area (Å²) < 4.78 is 11.2. The van der Waals surface area contributed by atoms with Crippen molar-refractivity contribution >= 4 is 11.8 Å². The van der Waals surface area contributed by atoms with Crippen molar-refractivity contribution in [2.45, 2.75) is 50.7 Å². The van der Waals surface area contributed by atoms with Gasteiger partial charge in [-0.3, -0.25) is 9.59 Å². The molecule has 7 heteroatoms. The lowest BCUT2D eigenvalue weighted by atomic mass is 10.1. The Labute approximate surface area is 170 Å². The van der Waals surface area contributed by atoms with Gasteiger partial charge in [-0.05, 0) is 37.7 Å². The normalized spacial score (nSPS) is 20.4. The van der Waals surface area contributed by atoms with E-state index in [1.54, 1.807) is 0 Å². The monoisotopic (exact) mass is 397 g/mol. The molecule has 2 amide bonds. The van der Waals surface area contributed by atoms with Gasteiger partial charge in [0.25, 0.3) is 5.91 Å². The van der Waals surface area contributed by atoms with Crippen LogP contribution in [0.2, 0.25) is 0 Å². The molecular formula is C22H27N3O4. The van der Waals surface area contributed by atoms with Gasteiger partial charge >= 0.3 is 0 Å². The van der Waals surface area contributed by atoms with Crippen LogP contribution in [0.15, 0.2) is 41.0 Å². The Morgan fingerprint density at radius 3 is 2.66 bits per heavy atom. The lowest BCUT2D eigenvalue weighted by Gasteiger charge is -2.25. The number of piperidine rings is 1. The van der Waals surface area contributed by atoms with Gasteiger partial charge in [-0.1, -0.05) is 30.3 Å². The van der Waals surface area contributed by atoms with Gasteiger partial charge in [-0.15, -0.1) is 0 Å². The van der Waals surface area contributed by atoms with Crippen LogP contribution in [0.1, 0.15) is 60.1 Å². The fourth-order valence-corrected chi connectivity index (χ4v) is 3.90. The molecule has 0 radical (unpaired) electrons. The van der Waals surface area contributed by atoms with Crippen molar-refractivity contribution in [3.05, 3.63) is 53.7 Å². The lowest BCUT2D eigenvalue weighted by Crippen LogP contribution is -2.38. The summed E-state index contributed by atoms with van der Waals surface area (Å²) in [5.41, 5.74) is 1.35. The second kappa shape index (κ2) is 9.22. The Hall–Kier alpha value is -2.67. The summed E-state index contributed by atoms with van der Waals surface area (Å²) in [6, 6.07) is 9.38. The van der Waals surface area contributed by atoms with E-state index in [9.17, 15) is 9.59 Å². The summed E-state index contributed by atoms with van der Waals surface area (Å²) in [5, 5.41) is 3.01. The van der Waals surface area contributed by atoms with Crippen molar-refractivity contribution in [3.8, 4) is 0 Å². The maximum atomic E-state index is 12.7. The highest BCUT2D eigenvalue weighted by atomic mass is 16.5. The van der Waals surface area contributed by atoms with E-state index in [-0.39, 0.29) is 11.8 Å². The van der Waals surface area contributed by atoms with E-state index >= 15 is 0 Å². The van der Waals surface area contributed by atoms with Crippen LogP contribution in [-0.4, -0.2) is 47.5 Å². The highest BCUT2D eigenvalue weighted by Gasteiger charge is 2.29. The van der Waals surface area contributed by atoms with Crippen molar-refractivity contribution in [1.82, 2.24) is 15.2 Å². The number of oxazole rings is 1. The number of carbonyl (C=O) groups excluding carboxylic acids is 2. The van der Waals surface area contributed by atoms with Crippen LogP contribution in [0.5, 0.6) is 0 Å². The van der Waals surface area contributed by atoms with Gasteiger partial charge in [-0.25, -0.2) is 4.98 Å². The zero-order valence-electron chi connectivity index (χ0n) is 16.5. The second-order valence-corrected chi connectivity index (χ2v) is 7.68. The molecule has 0 bridgehead atoms. The summed E-state index contributed by atoms with van der Waals surface area (Å²) >= 11 is 0. The fourth-order valence-electron chi connectivity index (χ4n) is 3.90. The Morgan fingerprint density at radius 1 is 1.14 bits per heavy atom. The van der Waals surface area contributed by atoms with Gasteiger partial charge in [0, 0.05) is 26.1 Å². The Morgan fingerprint density at radius 2 is 1.93 bits per heavy atom. The van der Waals surface area contributed by atoms with Crippen molar-refractivity contribution in [1.29, 1.82) is 0 Å². The number of aromatic nitrogens is 1. The first kappa shape index (κ1) is 19.6. The Balaban J connectivity index is 1.51. The molecule has 1 aromatic carbocycles. The SMILES string of the molecule is O=C(N[C@@H](Cc1ccccc1)c1nc(C(=O)N2CCCCC2)co1)[C@H]1CCCO1. The molecule has 3 heterocycles. The molecule has 0 aliphatic carbocycles. The van der Waals surface area contributed by atoms with Gasteiger partial charge in [0.2, 0.25) is 11.8 Å². The molecule has 0 spiro atoms. The topological polar surface area (TPSA) is 84.7 Å². The molecule has 4 rings (SSSR count). The molecule has 1 N–H and O–H groups in total. The average molecular weight is 397 g/mol. The van der Waals surface area contributed by atoms with Crippen LogP contribution < -0.4 is 5.32 Å². The van der Waals surface area contributed by atoms with Crippen LogP contribution in [-0.2, 0) is 16.0 Å². The van der Waals surface area contributed by atoms with E-state index in [0.717, 1.165) is 44.3 Å². The molecule has 0 unspecified atom stereocenters. The van der Waals surface area contributed by atoms with Gasteiger partial charge in [0.1, 0.15) is 18.4 Å². The number of benzene rings is 1. The van der Waals surface area contributed by atoms with Crippen molar-refractivity contribution < 1.29 is 18.7 Å². The zero-order valence-corrected chi connectivity index (χ0v) is 16.5. The molecule has 2 saturated heterocycles. The number of rotatable bonds is 6. The first-order chi connectivity index (χ1) is 14.2. The smallest absolute Gasteiger partial charge is 0.275 e. The third kappa shape index (κ3) is 4.85. The zero-order chi connectivity index (χ0) is 20.1. The maximum Gasteiger partial charge on any atom is 0.275 e. The molecular weight excluding hydrogens is 370 g/mol. The molecule has 2 aromatic rings. The number of amides is 2. The molecule has 2 fully saturated rings. The predicted octanol–water partition coefficient (Wildman–Crippen LogP) is 2.88. The fraction of sp³-hybridized carbons (Fsp3) is 0.500. The average Bonchev–Trinajstić information content (AvgIpc) is 3.46. The summed E-state index contributed by atoms with van der Waals surface area (Å²) in [4.78, 5) is 31.6. The maximum absolute atomic E-state index is 12.7. The van der Waals surface area contributed by atoms with Crippen LogP contribution in [0.4, 0.5) is 0 Å². The molecule has 2 aliphatic heterocycles. The summed E-state index contributed by atoms with van der Waals surface area (Å²) in [5.74, 6) is 0.0784. The van der Waals surface area contributed by atoms with Gasteiger partial charge < -0.3 is 19.4 Å². The number of carbonyl (C=O) groups is 2. The van der Waals surface area contributed by atoms with E-state index in [1.807, 2.05) is 35.2 Å². The molecule has 154 valence electrons. The number of nitrogens with zero attached hydrogens (tertiary/aromatic N) is 2. The third-order valence-corrected chi connectivity index (χ3v) is 5.50.